The van der Waals surface area contributed by atoms with Crippen LogP contribution in [-0.4, -0.2) is 30.4 Å². The second kappa shape index (κ2) is 4.78. The number of aromatic nitrogens is 1. The molecule has 0 bridgehead atoms. The summed E-state index contributed by atoms with van der Waals surface area (Å²) in [5.74, 6) is 0. The maximum atomic E-state index is 5.98. The van der Waals surface area contributed by atoms with Crippen LogP contribution in [-0.2, 0) is 15.9 Å². The van der Waals surface area contributed by atoms with E-state index < -0.39 is 7.12 Å². The molecule has 0 aromatic carbocycles. The summed E-state index contributed by atoms with van der Waals surface area (Å²) in [5.41, 5.74) is 7.46. The monoisotopic (exact) mass is 263 g/mol. The molecular formula is C13H22BN3O2. The second-order valence-electron chi connectivity index (χ2n) is 5.94. The number of nitrogens with one attached hydrogen (secondary N) is 1. The van der Waals surface area contributed by atoms with Crippen molar-refractivity contribution in [3.63, 3.8) is 0 Å². The lowest BCUT2D eigenvalue weighted by molar-refractivity contribution is 0.00578. The molecule has 5 nitrogen and oxygen atoms in total. The molecule has 1 aromatic heterocycles. The fourth-order valence-electron chi connectivity index (χ4n) is 1.99. The predicted octanol–water partition coefficient (Wildman–Crippen LogP) is 0.682. The van der Waals surface area contributed by atoms with Crippen molar-refractivity contribution in [1.82, 2.24) is 10.3 Å². The van der Waals surface area contributed by atoms with Gasteiger partial charge in [-0.25, -0.2) is 0 Å². The molecule has 1 saturated heterocycles. The first-order chi connectivity index (χ1) is 8.75. The number of anilines is 1. The Balaban J connectivity index is 2.29. The van der Waals surface area contributed by atoms with Gasteiger partial charge in [0.1, 0.15) is 0 Å². The molecule has 2 heterocycles. The van der Waals surface area contributed by atoms with E-state index in [1.807, 2.05) is 40.8 Å². The van der Waals surface area contributed by atoms with Crippen LogP contribution in [0.25, 0.3) is 0 Å². The number of rotatable bonds is 3. The molecule has 1 aliphatic rings. The van der Waals surface area contributed by atoms with E-state index in [1.165, 1.54) is 0 Å². The fourth-order valence-corrected chi connectivity index (χ4v) is 1.99. The zero-order chi connectivity index (χ0) is 14.3. The van der Waals surface area contributed by atoms with Crippen LogP contribution in [0.5, 0.6) is 0 Å². The van der Waals surface area contributed by atoms with Crippen LogP contribution >= 0.6 is 0 Å². The van der Waals surface area contributed by atoms with Gasteiger partial charge < -0.3 is 20.4 Å². The summed E-state index contributed by atoms with van der Waals surface area (Å²) < 4.78 is 12.0. The van der Waals surface area contributed by atoms with E-state index in [0.717, 1.165) is 11.3 Å². The average Bonchev–Trinajstić information content (AvgIpc) is 2.48. The van der Waals surface area contributed by atoms with Gasteiger partial charge in [0.05, 0.1) is 22.5 Å². The molecule has 1 fully saturated rings. The van der Waals surface area contributed by atoms with Crippen molar-refractivity contribution in [2.75, 3.05) is 12.8 Å². The van der Waals surface area contributed by atoms with Crippen molar-refractivity contribution >= 4 is 18.4 Å². The largest absolute Gasteiger partial charge is 0.514 e. The maximum absolute atomic E-state index is 5.98. The van der Waals surface area contributed by atoms with Gasteiger partial charge in [0.2, 0.25) is 0 Å². The van der Waals surface area contributed by atoms with E-state index in [4.69, 9.17) is 15.0 Å². The van der Waals surface area contributed by atoms with Gasteiger partial charge in [-0.3, -0.25) is 4.98 Å². The summed E-state index contributed by atoms with van der Waals surface area (Å²) in [6.07, 6.45) is 0. The average molecular weight is 263 g/mol. The van der Waals surface area contributed by atoms with Crippen molar-refractivity contribution in [2.24, 2.45) is 0 Å². The minimum atomic E-state index is -0.468. The number of nitrogen functional groups attached to an aromatic ring is 1. The molecule has 0 radical (unpaired) electrons. The zero-order valence-corrected chi connectivity index (χ0v) is 12.3. The Hall–Kier alpha value is -1.11. The summed E-state index contributed by atoms with van der Waals surface area (Å²) >= 11 is 0. The summed E-state index contributed by atoms with van der Waals surface area (Å²) in [7, 11) is 1.41. The molecule has 0 amide bonds. The van der Waals surface area contributed by atoms with Gasteiger partial charge in [0.25, 0.3) is 0 Å². The highest BCUT2D eigenvalue weighted by Gasteiger charge is 2.52. The van der Waals surface area contributed by atoms with Crippen molar-refractivity contribution < 1.29 is 9.31 Å². The lowest BCUT2D eigenvalue weighted by Crippen LogP contribution is -2.41. The first-order valence-corrected chi connectivity index (χ1v) is 6.52. The third-order valence-corrected chi connectivity index (χ3v) is 3.77. The van der Waals surface area contributed by atoms with E-state index in [0.29, 0.717) is 12.2 Å². The van der Waals surface area contributed by atoms with Gasteiger partial charge in [-0.15, -0.1) is 0 Å². The Bertz CT molecular complexity index is 461. The number of nitrogens with zero attached hydrogens (tertiary/aromatic N) is 1. The van der Waals surface area contributed by atoms with Crippen molar-refractivity contribution in [3.05, 3.63) is 17.8 Å². The Kier molecular flexibility index (Phi) is 3.60. The highest BCUT2D eigenvalue weighted by atomic mass is 16.7. The highest BCUT2D eigenvalue weighted by molar-refractivity contribution is 6.61. The zero-order valence-electron chi connectivity index (χ0n) is 12.3. The Morgan fingerprint density at radius 1 is 1.21 bits per heavy atom. The Labute approximate surface area is 115 Å². The summed E-state index contributed by atoms with van der Waals surface area (Å²) in [4.78, 5) is 4.54. The molecule has 0 saturated carbocycles. The molecule has 0 atom stereocenters. The normalized spacial score (nSPS) is 20.8. The van der Waals surface area contributed by atoms with E-state index in [9.17, 15) is 0 Å². The van der Waals surface area contributed by atoms with Gasteiger partial charge in [0.15, 0.2) is 0 Å². The van der Waals surface area contributed by atoms with E-state index in [-0.39, 0.29) is 11.2 Å². The highest BCUT2D eigenvalue weighted by Crippen LogP contribution is 2.36. The molecule has 19 heavy (non-hydrogen) atoms. The van der Waals surface area contributed by atoms with Crippen LogP contribution in [0.4, 0.5) is 5.69 Å². The van der Waals surface area contributed by atoms with Crippen LogP contribution in [0.2, 0.25) is 0 Å². The molecule has 2 rings (SSSR count). The quantitative estimate of drug-likeness (QED) is 0.785. The molecule has 1 aromatic rings. The third kappa shape index (κ3) is 2.75. The molecule has 0 spiro atoms. The number of hydrogen-bond donors (Lipinski definition) is 2. The lowest BCUT2D eigenvalue weighted by Gasteiger charge is -2.32. The number of nitrogens with two attached hydrogens (primary N) is 1. The predicted molar refractivity (Wildman–Crippen MR) is 77.1 cm³/mol. The standard InChI is InChI=1S/C13H22BN3O2/c1-12(2)13(3,4)19-14(18-12)11-7-9(15)6-10(17-11)8-16-5/h6-7,16H,8H2,1-5H3,(H2,15,17). The molecule has 6 heteroatoms. The SMILES string of the molecule is CNCc1cc(N)cc(B2OC(C)(C)C(C)(C)O2)n1. The van der Waals surface area contributed by atoms with Crippen molar-refractivity contribution in [1.29, 1.82) is 0 Å². The van der Waals surface area contributed by atoms with Gasteiger partial charge in [0, 0.05) is 12.2 Å². The Morgan fingerprint density at radius 2 is 1.79 bits per heavy atom. The summed E-state index contributed by atoms with van der Waals surface area (Å²) in [6, 6.07) is 3.66. The topological polar surface area (TPSA) is 69.4 Å². The minimum absolute atomic E-state index is 0.368. The van der Waals surface area contributed by atoms with Crippen LogP contribution in [0, 0.1) is 0 Å². The first kappa shape index (κ1) is 14.3. The summed E-state index contributed by atoms with van der Waals surface area (Å²) in [6.45, 7) is 8.75. The molecule has 104 valence electrons. The van der Waals surface area contributed by atoms with Crippen LogP contribution in [0.1, 0.15) is 33.4 Å². The van der Waals surface area contributed by atoms with Crippen molar-refractivity contribution in [3.8, 4) is 0 Å². The fraction of sp³-hybridized carbons (Fsp3) is 0.615. The minimum Gasteiger partial charge on any atom is -0.399 e. The molecule has 3 N–H and O–H groups in total. The van der Waals surface area contributed by atoms with E-state index in [1.54, 1.807) is 6.07 Å². The van der Waals surface area contributed by atoms with E-state index >= 15 is 0 Å². The van der Waals surface area contributed by atoms with Crippen LogP contribution in [0.3, 0.4) is 0 Å². The molecule has 1 aliphatic heterocycles. The van der Waals surface area contributed by atoms with Gasteiger partial charge in [-0.2, -0.15) is 0 Å². The van der Waals surface area contributed by atoms with Gasteiger partial charge in [-0.05, 0) is 46.9 Å². The maximum Gasteiger partial charge on any atom is 0.514 e. The summed E-state index contributed by atoms with van der Waals surface area (Å²) in [5, 5.41) is 3.06. The Morgan fingerprint density at radius 3 is 2.32 bits per heavy atom. The van der Waals surface area contributed by atoms with Crippen LogP contribution < -0.4 is 16.6 Å². The van der Waals surface area contributed by atoms with E-state index in [2.05, 4.69) is 10.3 Å². The van der Waals surface area contributed by atoms with Crippen molar-refractivity contribution in [2.45, 2.75) is 45.4 Å². The van der Waals surface area contributed by atoms with Gasteiger partial charge >= 0.3 is 7.12 Å². The first-order valence-electron chi connectivity index (χ1n) is 6.52. The van der Waals surface area contributed by atoms with Crippen LogP contribution in [0.15, 0.2) is 12.1 Å². The molecular weight excluding hydrogens is 241 g/mol. The third-order valence-electron chi connectivity index (χ3n) is 3.77. The smallest absolute Gasteiger partial charge is 0.399 e. The molecule has 0 aliphatic carbocycles. The van der Waals surface area contributed by atoms with Gasteiger partial charge in [-0.1, -0.05) is 0 Å². The number of hydrogen-bond acceptors (Lipinski definition) is 5. The number of pyridine rings is 1. The molecule has 0 unspecified atom stereocenters. The lowest BCUT2D eigenvalue weighted by atomic mass is 9.84. The second-order valence-corrected chi connectivity index (χ2v) is 5.94.